The van der Waals surface area contributed by atoms with Gasteiger partial charge in [-0.25, -0.2) is 9.97 Å². The van der Waals surface area contributed by atoms with Gasteiger partial charge in [-0.15, -0.1) is 0 Å². The molecule has 2 aromatic rings. The minimum Gasteiger partial charge on any atom is -0.312 e. The maximum atomic E-state index is 4.62. The van der Waals surface area contributed by atoms with Crippen LogP contribution in [0, 0.1) is 0 Å². The van der Waals surface area contributed by atoms with Crippen LogP contribution in [0.2, 0.25) is 0 Å². The molecule has 0 aliphatic rings. The summed E-state index contributed by atoms with van der Waals surface area (Å²) in [7, 11) is 0. The monoisotopic (exact) mass is 232 g/mol. The molecule has 0 amide bonds. The van der Waals surface area contributed by atoms with E-state index < -0.39 is 0 Å². The van der Waals surface area contributed by atoms with Crippen LogP contribution in [-0.2, 0) is 13.1 Å². The molecule has 2 rings (SSSR count). The molecule has 0 spiro atoms. The highest BCUT2D eigenvalue weighted by atomic mass is 15.1. The second-order valence-corrected chi connectivity index (χ2v) is 5.22. The van der Waals surface area contributed by atoms with E-state index in [9.17, 15) is 0 Å². The van der Waals surface area contributed by atoms with Crippen molar-refractivity contribution in [2.75, 3.05) is 0 Å². The smallest absolute Gasteiger partial charge is 0.160 e. The third kappa shape index (κ3) is 2.64. The van der Waals surface area contributed by atoms with Crippen molar-refractivity contribution in [2.45, 2.75) is 46.3 Å². The Morgan fingerprint density at radius 2 is 2.12 bits per heavy atom. The van der Waals surface area contributed by atoms with E-state index in [4.69, 9.17) is 0 Å². The van der Waals surface area contributed by atoms with Crippen molar-refractivity contribution in [1.29, 1.82) is 0 Å². The average Bonchev–Trinajstić information content (AvgIpc) is 2.63. The number of aromatic nitrogens is 3. The first-order valence-corrected chi connectivity index (χ1v) is 6.06. The lowest BCUT2D eigenvalue weighted by Crippen LogP contribution is -2.35. The van der Waals surface area contributed by atoms with Gasteiger partial charge < -0.3 is 9.88 Å². The maximum absolute atomic E-state index is 4.62. The molecular weight excluding hydrogens is 212 g/mol. The van der Waals surface area contributed by atoms with Gasteiger partial charge in [-0.1, -0.05) is 0 Å². The van der Waals surface area contributed by atoms with Gasteiger partial charge in [0.05, 0.1) is 6.54 Å². The van der Waals surface area contributed by atoms with E-state index in [0.717, 1.165) is 30.1 Å². The summed E-state index contributed by atoms with van der Waals surface area (Å²) in [6.45, 7) is 10.3. The van der Waals surface area contributed by atoms with E-state index in [1.165, 1.54) is 0 Å². The van der Waals surface area contributed by atoms with Crippen LogP contribution in [0.1, 0.15) is 33.5 Å². The van der Waals surface area contributed by atoms with Crippen LogP contribution in [0.3, 0.4) is 0 Å². The van der Waals surface area contributed by atoms with Gasteiger partial charge in [-0.3, -0.25) is 0 Å². The molecule has 4 heteroatoms. The minimum atomic E-state index is 0.101. The van der Waals surface area contributed by atoms with Crippen LogP contribution in [0.25, 0.3) is 11.2 Å². The van der Waals surface area contributed by atoms with Crippen molar-refractivity contribution in [2.24, 2.45) is 0 Å². The summed E-state index contributed by atoms with van der Waals surface area (Å²) in [5, 5.41) is 3.46. The van der Waals surface area contributed by atoms with E-state index >= 15 is 0 Å². The molecule has 2 heterocycles. The quantitative estimate of drug-likeness (QED) is 0.883. The lowest BCUT2D eigenvalue weighted by Gasteiger charge is -2.20. The fourth-order valence-corrected chi connectivity index (χ4v) is 1.82. The minimum absolute atomic E-state index is 0.101. The Labute approximate surface area is 102 Å². The lowest BCUT2D eigenvalue weighted by atomic mass is 10.1. The van der Waals surface area contributed by atoms with E-state index in [0.29, 0.717) is 0 Å². The van der Waals surface area contributed by atoms with Crippen LogP contribution < -0.4 is 5.32 Å². The van der Waals surface area contributed by atoms with Crippen LogP contribution in [0.15, 0.2) is 18.3 Å². The number of nitrogens with zero attached hydrogens (tertiary/aromatic N) is 3. The van der Waals surface area contributed by atoms with E-state index in [-0.39, 0.29) is 5.54 Å². The molecule has 0 saturated heterocycles. The summed E-state index contributed by atoms with van der Waals surface area (Å²) >= 11 is 0. The molecule has 92 valence electrons. The van der Waals surface area contributed by atoms with Gasteiger partial charge in [0.1, 0.15) is 11.3 Å². The molecule has 0 unspecified atom stereocenters. The summed E-state index contributed by atoms with van der Waals surface area (Å²) < 4.78 is 2.16. The zero-order valence-corrected chi connectivity index (χ0v) is 11.0. The summed E-state index contributed by atoms with van der Waals surface area (Å²) in [5.41, 5.74) is 2.05. The number of aryl methyl sites for hydroxylation is 1. The Morgan fingerprint density at radius 3 is 2.76 bits per heavy atom. The van der Waals surface area contributed by atoms with Crippen LogP contribution in [0.5, 0.6) is 0 Å². The summed E-state index contributed by atoms with van der Waals surface area (Å²) in [5.74, 6) is 1.05. The first kappa shape index (κ1) is 12.0. The molecule has 17 heavy (non-hydrogen) atoms. The summed E-state index contributed by atoms with van der Waals surface area (Å²) in [6, 6.07) is 3.94. The third-order valence-electron chi connectivity index (χ3n) is 2.68. The van der Waals surface area contributed by atoms with Crippen molar-refractivity contribution in [3.05, 3.63) is 24.2 Å². The maximum Gasteiger partial charge on any atom is 0.160 e. The molecule has 4 nitrogen and oxygen atoms in total. The van der Waals surface area contributed by atoms with Gasteiger partial charge in [0.25, 0.3) is 0 Å². The van der Waals surface area contributed by atoms with Crippen LogP contribution >= 0.6 is 0 Å². The molecule has 0 aliphatic carbocycles. The first-order chi connectivity index (χ1) is 8.01. The molecule has 0 fully saturated rings. The first-order valence-electron chi connectivity index (χ1n) is 6.06. The van der Waals surface area contributed by atoms with Crippen LogP contribution in [0.4, 0.5) is 0 Å². The Kier molecular flexibility index (Phi) is 3.15. The molecular formula is C13H20N4. The molecule has 0 aromatic carbocycles. The number of nitrogens with one attached hydrogen (secondary N) is 1. The zero-order chi connectivity index (χ0) is 12.5. The number of hydrogen-bond donors (Lipinski definition) is 1. The van der Waals surface area contributed by atoms with Gasteiger partial charge in [0.2, 0.25) is 0 Å². The molecule has 0 saturated carbocycles. The van der Waals surface area contributed by atoms with Gasteiger partial charge in [0, 0.05) is 18.3 Å². The van der Waals surface area contributed by atoms with Gasteiger partial charge in [0.15, 0.2) is 5.65 Å². The van der Waals surface area contributed by atoms with Gasteiger partial charge >= 0.3 is 0 Å². The molecule has 2 aromatic heterocycles. The lowest BCUT2D eigenvalue weighted by molar-refractivity contribution is 0.413. The fourth-order valence-electron chi connectivity index (χ4n) is 1.82. The van der Waals surface area contributed by atoms with Crippen LogP contribution in [-0.4, -0.2) is 20.1 Å². The molecule has 0 radical (unpaired) electrons. The molecule has 0 aliphatic heterocycles. The topological polar surface area (TPSA) is 42.7 Å². The highest BCUT2D eigenvalue weighted by Gasteiger charge is 2.13. The second-order valence-electron chi connectivity index (χ2n) is 5.22. The molecule has 1 N–H and O–H groups in total. The number of hydrogen-bond acceptors (Lipinski definition) is 3. The average molecular weight is 232 g/mol. The Hall–Kier alpha value is -1.42. The van der Waals surface area contributed by atoms with E-state index in [1.54, 1.807) is 0 Å². The number of fused-ring (bicyclic) bond motifs is 1. The van der Waals surface area contributed by atoms with Crippen molar-refractivity contribution in [3.63, 3.8) is 0 Å². The predicted molar refractivity (Wildman–Crippen MR) is 69.8 cm³/mol. The van der Waals surface area contributed by atoms with Crippen molar-refractivity contribution in [3.8, 4) is 0 Å². The highest BCUT2D eigenvalue weighted by molar-refractivity contribution is 5.71. The number of pyridine rings is 1. The standard InChI is InChI=1S/C13H20N4/c1-5-17-11(9-15-13(2,3)4)16-10-7-6-8-14-12(10)17/h6-8,15H,5,9H2,1-4H3. The Bertz CT molecular complexity index is 508. The molecule has 0 atom stereocenters. The largest absolute Gasteiger partial charge is 0.312 e. The van der Waals surface area contributed by atoms with E-state index in [1.807, 2.05) is 18.3 Å². The normalized spacial score (nSPS) is 12.2. The highest BCUT2D eigenvalue weighted by Crippen LogP contribution is 2.14. The van der Waals surface area contributed by atoms with E-state index in [2.05, 4.69) is 47.5 Å². The van der Waals surface area contributed by atoms with Gasteiger partial charge in [-0.2, -0.15) is 0 Å². The van der Waals surface area contributed by atoms with Crippen molar-refractivity contribution >= 4 is 11.2 Å². The number of rotatable bonds is 3. The fraction of sp³-hybridized carbons (Fsp3) is 0.538. The molecule has 0 bridgehead atoms. The third-order valence-corrected chi connectivity index (χ3v) is 2.68. The SMILES string of the molecule is CCn1c(CNC(C)(C)C)nc2cccnc21. The number of imidazole rings is 1. The Balaban J connectivity index is 2.33. The predicted octanol–water partition coefficient (Wildman–Crippen LogP) is 2.34. The summed E-state index contributed by atoms with van der Waals surface area (Å²) in [4.78, 5) is 9.01. The van der Waals surface area contributed by atoms with Crippen molar-refractivity contribution < 1.29 is 0 Å². The Morgan fingerprint density at radius 1 is 1.35 bits per heavy atom. The summed E-state index contributed by atoms with van der Waals surface area (Å²) in [6.07, 6.45) is 1.82. The second kappa shape index (κ2) is 4.45. The zero-order valence-electron chi connectivity index (χ0n) is 11.0. The van der Waals surface area contributed by atoms with Gasteiger partial charge in [-0.05, 0) is 39.8 Å². The van der Waals surface area contributed by atoms with Crippen molar-refractivity contribution in [1.82, 2.24) is 19.9 Å².